The highest BCUT2D eigenvalue weighted by molar-refractivity contribution is 5.26. The Morgan fingerprint density at radius 3 is 2.21 bits per heavy atom. The van der Waals surface area contributed by atoms with Gasteiger partial charge in [0.05, 0.1) is 0 Å². The van der Waals surface area contributed by atoms with E-state index < -0.39 is 0 Å². The third-order valence-electron chi connectivity index (χ3n) is 3.47. The van der Waals surface area contributed by atoms with Crippen molar-refractivity contribution < 1.29 is 0 Å². The van der Waals surface area contributed by atoms with Crippen molar-refractivity contribution in [1.29, 1.82) is 0 Å². The van der Waals surface area contributed by atoms with Crippen molar-refractivity contribution in [2.75, 3.05) is 0 Å². The molecule has 0 aliphatic carbocycles. The molecule has 1 aromatic rings. The summed E-state index contributed by atoms with van der Waals surface area (Å²) >= 11 is 0. The lowest BCUT2D eigenvalue weighted by molar-refractivity contribution is 0.247. The maximum Gasteiger partial charge on any atom is -0.0222 e. The summed E-state index contributed by atoms with van der Waals surface area (Å²) in [4.78, 5) is 0. The average molecular weight is 190 g/mol. The standard InChI is InChI=1S/C14H22/c1-11(2)14(4,5)10-13-9-7-6-8-12(13)3/h6-9,11H,10H2,1-5H3. The van der Waals surface area contributed by atoms with Crippen LogP contribution in [-0.2, 0) is 6.42 Å². The molecule has 0 N–H and O–H groups in total. The molecule has 0 nitrogen and oxygen atoms in total. The monoisotopic (exact) mass is 190 g/mol. The van der Waals surface area contributed by atoms with Crippen LogP contribution in [0, 0.1) is 18.3 Å². The lowest BCUT2D eigenvalue weighted by atomic mass is 9.75. The molecule has 0 radical (unpaired) electrons. The molecule has 0 unspecified atom stereocenters. The van der Waals surface area contributed by atoms with E-state index in [9.17, 15) is 0 Å². The van der Waals surface area contributed by atoms with Gasteiger partial charge in [-0.1, -0.05) is 52.0 Å². The van der Waals surface area contributed by atoms with E-state index in [1.54, 1.807) is 0 Å². The first-order valence-corrected chi connectivity index (χ1v) is 5.48. The first-order valence-electron chi connectivity index (χ1n) is 5.48. The molecule has 0 amide bonds. The second-order valence-corrected chi connectivity index (χ2v) is 5.25. The van der Waals surface area contributed by atoms with Gasteiger partial charge in [0, 0.05) is 0 Å². The first kappa shape index (κ1) is 11.3. The predicted octanol–water partition coefficient (Wildman–Crippen LogP) is 4.22. The van der Waals surface area contributed by atoms with E-state index in [2.05, 4.69) is 58.9 Å². The van der Waals surface area contributed by atoms with E-state index in [-0.39, 0.29) is 0 Å². The van der Waals surface area contributed by atoms with Gasteiger partial charge >= 0.3 is 0 Å². The van der Waals surface area contributed by atoms with Crippen LogP contribution in [0.5, 0.6) is 0 Å². The first-order chi connectivity index (χ1) is 6.43. The maximum atomic E-state index is 2.35. The van der Waals surface area contributed by atoms with Gasteiger partial charge in [-0.2, -0.15) is 0 Å². The van der Waals surface area contributed by atoms with Crippen molar-refractivity contribution in [3.8, 4) is 0 Å². The number of hydrogen-bond donors (Lipinski definition) is 0. The highest BCUT2D eigenvalue weighted by Crippen LogP contribution is 2.31. The van der Waals surface area contributed by atoms with Crippen LogP contribution < -0.4 is 0 Å². The minimum absolute atomic E-state index is 0.395. The maximum absolute atomic E-state index is 2.35. The van der Waals surface area contributed by atoms with Gasteiger partial charge in [-0.3, -0.25) is 0 Å². The molecule has 1 aromatic carbocycles. The minimum Gasteiger partial charge on any atom is -0.0623 e. The number of rotatable bonds is 3. The van der Waals surface area contributed by atoms with Crippen molar-refractivity contribution in [2.24, 2.45) is 11.3 Å². The second kappa shape index (κ2) is 4.16. The molecule has 78 valence electrons. The summed E-state index contributed by atoms with van der Waals surface area (Å²) in [6.07, 6.45) is 1.18. The summed E-state index contributed by atoms with van der Waals surface area (Å²) in [6, 6.07) is 8.70. The molecule has 0 heterocycles. The van der Waals surface area contributed by atoms with Crippen molar-refractivity contribution in [3.05, 3.63) is 35.4 Å². The SMILES string of the molecule is Cc1ccccc1CC(C)(C)C(C)C. The largest absolute Gasteiger partial charge is 0.0623 e. The Morgan fingerprint density at radius 1 is 1.14 bits per heavy atom. The molecule has 0 saturated heterocycles. The molecule has 0 spiro atoms. The number of hydrogen-bond acceptors (Lipinski definition) is 0. The Morgan fingerprint density at radius 2 is 1.71 bits per heavy atom. The van der Waals surface area contributed by atoms with Crippen LogP contribution in [0.2, 0.25) is 0 Å². The van der Waals surface area contributed by atoms with Crippen molar-refractivity contribution >= 4 is 0 Å². The highest BCUT2D eigenvalue weighted by Gasteiger charge is 2.22. The summed E-state index contributed by atoms with van der Waals surface area (Å²) in [6.45, 7) is 11.5. The molecule has 0 bridgehead atoms. The highest BCUT2D eigenvalue weighted by atomic mass is 14.3. The van der Waals surface area contributed by atoms with Gasteiger partial charge in [-0.05, 0) is 35.8 Å². The van der Waals surface area contributed by atoms with Gasteiger partial charge in [0.2, 0.25) is 0 Å². The van der Waals surface area contributed by atoms with E-state index in [1.165, 1.54) is 17.5 Å². The van der Waals surface area contributed by atoms with Crippen molar-refractivity contribution in [1.82, 2.24) is 0 Å². The molecule has 0 aliphatic heterocycles. The lowest BCUT2D eigenvalue weighted by Gasteiger charge is -2.30. The molecule has 1 rings (SSSR count). The molecule has 0 atom stereocenters. The van der Waals surface area contributed by atoms with Gasteiger partial charge in [-0.25, -0.2) is 0 Å². The van der Waals surface area contributed by atoms with Crippen LogP contribution in [0.4, 0.5) is 0 Å². The van der Waals surface area contributed by atoms with Gasteiger partial charge in [0.25, 0.3) is 0 Å². The summed E-state index contributed by atoms with van der Waals surface area (Å²) in [5.74, 6) is 0.724. The molecule has 0 aromatic heterocycles. The van der Waals surface area contributed by atoms with Gasteiger partial charge in [-0.15, -0.1) is 0 Å². The normalized spacial score (nSPS) is 12.1. The number of benzene rings is 1. The molecular weight excluding hydrogens is 168 g/mol. The molecular formula is C14H22. The fourth-order valence-corrected chi connectivity index (χ4v) is 1.50. The van der Waals surface area contributed by atoms with Crippen LogP contribution in [-0.4, -0.2) is 0 Å². The molecule has 0 aliphatic rings. The molecule has 0 heteroatoms. The summed E-state index contributed by atoms with van der Waals surface area (Å²) < 4.78 is 0. The van der Waals surface area contributed by atoms with Crippen LogP contribution in [0.3, 0.4) is 0 Å². The third kappa shape index (κ3) is 2.60. The fourth-order valence-electron chi connectivity index (χ4n) is 1.50. The zero-order valence-electron chi connectivity index (χ0n) is 10.1. The zero-order chi connectivity index (χ0) is 10.8. The van der Waals surface area contributed by atoms with Gasteiger partial charge < -0.3 is 0 Å². The zero-order valence-corrected chi connectivity index (χ0v) is 10.1. The van der Waals surface area contributed by atoms with Crippen LogP contribution in [0.25, 0.3) is 0 Å². The van der Waals surface area contributed by atoms with Crippen LogP contribution in [0.15, 0.2) is 24.3 Å². The van der Waals surface area contributed by atoms with E-state index in [4.69, 9.17) is 0 Å². The predicted molar refractivity (Wildman–Crippen MR) is 63.5 cm³/mol. The Bertz CT molecular complexity index is 295. The quantitative estimate of drug-likeness (QED) is 0.669. The van der Waals surface area contributed by atoms with E-state index >= 15 is 0 Å². The van der Waals surface area contributed by atoms with E-state index in [0.717, 1.165) is 5.92 Å². The average Bonchev–Trinajstić information content (AvgIpc) is 2.08. The van der Waals surface area contributed by atoms with Crippen LogP contribution >= 0.6 is 0 Å². The Labute approximate surface area is 88.4 Å². The smallest absolute Gasteiger partial charge is 0.0222 e. The second-order valence-electron chi connectivity index (χ2n) is 5.25. The van der Waals surface area contributed by atoms with E-state index in [0.29, 0.717) is 5.41 Å². The third-order valence-corrected chi connectivity index (χ3v) is 3.47. The molecule has 0 saturated carbocycles. The minimum atomic E-state index is 0.395. The Balaban J connectivity index is 2.84. The van der Waals surface area contributed by atoms with Crippen molar-refractivity contribution in [2.45, 2.75) is 41.0 Å². The topological polar surface area (TPSA) is 0 Å². The van der Waals surface area contributed by atoms with Gasteiger partial charge in [0.1, 0.15) is 0 Å². The summed E-state index contributed by atoms with van der Waals surface area (Å²) in [7, 11) is 0. The van der Waals surface area contributed by atoms with Gasteiger partial charge in [0.15, 0.2) is 0 Å². The Hall–Kier alpha value is -0.780. The number of aryl methyl sites for hydroxylation is 1. The lowest BCUT2D eigenvalue weighted by Crippen LogP contribution is -2.22. The Kier molecular flexibility index (Phi) is 3.36. The van der Waals surface area contributed by atoms with Crippen LogP contribution in [0.1, 0.15) is 38.8 Å². The molecule has 0 fully saturated rings. The summed E-state index contributed by atoms with van der Waals surface area (Å²) in [5, 5.41) is 0. The fraction of sp³-hybridized carbons (Fsp3) is 0.571. The summed E-state index contributed by atoms with van der Waals surface area (Å²) in [5.41, 5.74) is 3.30. The van der Waals surface area contributed by atoms with Crippen molar-refractivity contribution in [3.63, 3.8) is 0 Å². The van der Waals surface area contributed by atoms with E-state index in [1.807, 2.05) is 0 Å². The molecule has 14 heavy (non-hydrogen) atoms.